The smallest absolute Gasteiger partial charge is 0.0587 e. The van der Waals surface area contributed by atoms with E-state index in [4.69, 9.17) is 0 Å². The Labute approximate surface area is 262 Å². The van der Waals surface area contributed by atoms with E-state index in [0.717, 1.165) is 6.42 Å². The highest BCUT2D eigenvalue weighted by Gasteiger charge is 2.20. The van der Waals surface area contributed by atoms with Crippen LogP contribution >= 0.6 is 0 Å². The zero-order valence-electron chi connectivity index (χ0n) is 28.9. The van der Waals surface area contributed by atoms with Gasteiger partial charge in [-0.25, -0.2) is 0 Å². The van der Waals surface area contributed by atoms with Crippen LogP contribution in [0.4, 0.5) is 0 Å². The summed E-state index contributed by atoms with van der Waals surface area (Å²) in [5.74, 6) is 0. The number of aromatic nitrogens is 1. The Hall–Kier alpha value is -2.72. The number of hydrogen-bond acceptors (Lipinski definition) is 0. The topological polar surface area (TPSA) is 4.93 Å². The Morgan fingerprint density at radius 2 is 0.878 bits per heavy atom. The molecule has 0 fully saturated rings. The highest BCUT2D eigenvalue weighted by atomic mass is 15.0. The van der Waals surface area contributed by atoms with Gasteiger partial charge in [0, 0.05) is 23.3 Å². The standard InChI is InChI=1S/C19H11N.9C2H6.3CH4/c1-3-10-17-13(6-1)12-14-7-5-9-16-15-8-2-4-11-18(15)20(17)19(14)16;9*1-2;;;/h2,4-11H,12H2;9*1-2H3;3*1H4. The Balaban J connectivity index is -0.0000000755. The average molecular weight is 572 g/mol. The second-order valence-corrected chi connectivity index (χ2v) is 5.33. The SMILES string of the molecule is C.C.C.CC.CC.CC.CC.CC.CC.CC.CC.CC.c1cc2c(cc#1)-n1c3ccccc3c3cccc(c31)C2. The zero-order valence-corrected chi connectivity index (χ0v) is 28.9. The minimum absolute atomic E-state index is 0. The average Bonchev–Trinajstić information content (AvgIpc) is 3.42. The van der Waals surface area contributed by atoms with Gasteiger partial charge in [-0.15, -0.1) is 0 Å². The second kappa shape index (κ2) is 44.3. The molecule has 0 radical (unpaired) electrons. The van der Waals surface area contributed by atoms with E-state index in [1.165, 1.54) is 38.6 Å². The van der Waals surface area contributed by atoms with Gasteiger partial charge in [-0.1, -0.05) is 195 Å². The Morgan fingerprint density at radius 3 is 1.37 bits per heavy atom. The minimum atomic E-state index is 0. The molecule has 0 bridgehead atoms. The molecule has 0 unspecified atom stereocenters. The van der Waals surface area contributed by atoms with Gasteiger partial charge in [0.1, 0.15) is 0 Å². The van der Waals surface area contributed by atoms with E-state index < -0.39 is 0 Å². The molecule has 1 heteroatoms. The van der Waals surface area contributed by atoms with Gasteiger partial charge in [0.15, 0.2) is 0 Å². The van der Waals surface area contributed by atoms with Crippen LogP contribution in [0.5, 0.6) is 0 Å². The van der Waals surface area contributed by atoms with Crippen molar-refractivity contribution in [1.82, 2.24) is 4.57 Å². The van der Waals surface area contributed by atoms with E-state index in [1.807, 2.05) is 125 Å². The Bertz CT molecular complexity index is 977. The second-order valence-electron chi connectivity index (χ2n) is 5.33. The van der Waals surface area contributed by atoms with E-state index >= 15 is 0 Å². The van der Waals surface area contributed by atoms with Crippen LogP contribution < -0.4 is 0 Å². The fourth-order valence-corrected chi connectivity index (χ4v) is 3.44. The first-order valence-corrected chi connectivity index (χ1v) is 15.9. The molecule has 0 spiro atoms. The fourth-order valence-electron chi connectivity index (χ4n) is 3.44. The van der Waals surface area contributed by atoms with Crippen molar-refractivity contribution < 1.29 is 0 Å². The van der Waals surface area contributed by atoms with Gasteiger partial charge >= 0.3 is 0 Å². The van der Waals surface area contributed by atoms with Gasteiger partial charge in [-0.2, -0.15) is 0 Å². The molecule has 242 valence electrons. The summed E-state index contributed by atoms with van der Waals surface area (Å²) in [6.45, 7) is 36.0. The quantitative estimate of drug-likeness (QED) is 0.174. The third kappa shape index (κ3) is 16.3. The van der Waals surface area contributed by atoms with Crippen molar-refractivity contribution in [3.8, 4) is 5.69 Å². The summed E-state index contributed by atoms with van der Waals surface area (Å²) < 4.78 is 2.38. The molecular formula is C40H77N. The molecule has 0 saturated heterocycles. The summed E-state index contributed by atoms with van der Waals surface area (Å²) in [7, 11) is 0. The third-order valence-corrected chi connectivity index (χ3v) is 4.27. The number of para-hydroxylation sites is 2. The molecule has 4 aromatic rings. The third-order valence-electron chi connectivity index (χ3n) is 4.27. The highest BCUT2D eigenvalue weighted by Crippen LogP contribution is 2.38. The van der Waals surface area contributed by atoms with Crippen molar-refractivity contribution in [2.24, 2.45) is 0 Å². The maximum atomic E-state index is 3.10. The predicted octanol–water partition coefficient (Wildman–Crippen LogP) is 15.4. The van der Waals surface area contributed by atoms with Crippen molar-refractivity contribution >= 4 is 21.8 Å². The van der Waals surface area contributed by atoms with Crippen molar-refractivity contribution in [2.45, 2.75) is 153 Å². The lowest BCUT2D eigenvalue weighted by Gasteiger charge is -2.19. The lowest BCUT2D eigenvalue weighted by atomic mass is 9.98. The van der Waals surface area contributed by atoms with Crippen LogP contribution in [-0.2, 0) is 6.42 Å². The molecule has 2 heterocycles. The summed E-state index contributed by atoms with van der Waals surface area (Å²) >= 11 is 0. The summed E-state index contributed by atoms with van der Waals surface area (Å²) in [5.41, 5.74) is 6.58. The molecular weight excluding hydrogens is 494 g/mol. The van der Waals surface area contributed by atoms with Gasteiger partial charge in [0.2, 0.25) is 0 Å². The molecule has 41 heavy (non-hydrogen) atoms. The molecule has 0 aliphatic carbocycles. The van der Waals surface area contributed by atoms with Crippen LogP contribution in [0.15, 0.2) is 54.6 Å². The summed E-state index contributed by atoms with van der Waals surface area (Å²) in [6, 6.07) is 25.6. The molecule has 1 aromatic heterocycles. The van der Waals surface area contributed by atoms with Gasteiger partial charge in [0.25, 0.3) is 0 Å². The van der Waals surface area contributed by atoms with Crippen LogP contribution in [0.1, 0.15) is 158 Å². The summed E-state index contributed by atoms with van der Waals surface area (Å²) in [6.07, 6.45) is 0.980. The van der Waals surface area contributed by atoms with E-state index in [9.17, 15) is 0 Å². The van der Waals surface area contributed by atoms with Crippen molar-refractivity contribution in [1.29, 1.82) is 0 Å². The largest absolute Gasteiger partial charge is 0.308 e. The monoisotopic (exact) mass is 572 g/mol. The molecule has 0 atom stereocenters. The van der Waals surface area contributed by atoms with E-state index in [1.54, 1.807) is 0 Å². The first kappa shape index (κ1) is 58.0. The molecule has 1 nitrogen and oxygen atoms in total. The maximum absolute atomic E-state index is 3.10. The zero-order chi connectivity index (χ0) is 31.1. The predicted molar refractivity (Wildman–Crippen MR) is 204 cm³/mol. The van der Waals surface area contributed by atoms with Gasteiger partial charge in [0.05, 0.1) is 16.7 Å². The first-order valence-electron chi connectivity index (χ1n) is 15.9. The van der Waals surface area contributed by atoms with Gasteiger partial charge < -0.3 is 4.57 Å². The van der Waals surface area contributed by atoms with E-state index in [0.29, 0.717) is 0 Å². The van der Waals surface area contributed by atoms with Crippen LogP contribution in [0.25, 0.3) is 27.5 Å². The van der Waals surface area contributed by atoms with E-state index in [2.05, 4.69) is 71.3 Å². The molecule has 1 aliphatic heterocycles. The van der Waals surface area contributed by atoms with Gasteiger partial charge in [-0.05, 0) is 23.3 Å². The highest BCUT2D eigenvalue weighted by molar-refractivity contribution is 6.10. The lowest BCUT2D eigenvalue weighted by Crippen LogP contribution is -2.06. The molecule has 3 aromatic carbocycles. The maximum Gasteiger partial charge on any atom is 0.0587 e. The van der Waals surface area contributed by atoms with Crippen LogP contribution in [0, 0.1) is 12.1 Å². The molecule has 0 N–H and O–H groups in total. The Kier molecular flexibility index (Phi) is 62.7. The fraction of sp³-hybridized carbons (Fsp3) is 0.550. The number of fused-ring (bicyclic) bond motifs is 5. The molecule has 1 aliphatic rings. The van der Waals surface area contributed by atoms with Crippen LogP contribution in [-0.4, -0.2) is 4.57 Å². The van der Waals surface area contributed by atoms with Crippen LogP contribution in [0.3, 0.4) is 0 Å². The molecule has 5 rings (SSSR count). The molecule has 0 amide bonds. The lowest BCUT2D eigenvalue weighted by molar-refractivity contribution is 1.05. The molecule has 0 saturated carbocycles. The van der Waals surface area contributed by atoms with E-state index in [-0.39, 0.29) is 22.3 Å². The summed E-state index contributed by atoms with van der Waals surface area (Å²) in [5, 5.41) is 2.67. The van der Waals surface area contributed by atoms with Crippen molar-refractivity contribution in [3.05, 3.63) is 77.9 Å². The summed E-state index contributed by atoms with van der Waals surface area (Å²) in [4.78, 5) is 0. The van der Waals surface area contributed by atoms with Crippen LogP contribution in [0.2, 0.25) is 0 Å². The van der Waals surface area contributed by atoms with Gasteiger partial charge in [-0.3, -0.25) is 0 Å². The number of hydrogen-bond donors (Lipinski definition) is 0. The van der Waals surface area contributed by atoms with Crippen molar-refractivity contribution in [2.75, 3.05) is 0 Å². The Morgan fingerprint density at radius 1 is 0.463 bits per heavy atom. The first-order chi connectivity index (χ1) is 18.9. The van der Waals surface area contributed by atoms with Crippen molar-refractivity contribution in [3.63, 3.8) is 0 Å². The number of rotatable bonds is 0. The minimum Gasteiger partial charge on any atom is -0.308 e. The number of benzene rings is 2. The normalized spacial score (nSPS) is 7.37. The number of nitrogens with zero attached hydrogens (tertiary/aromatic N) is 1.